The predicted octanol–water partition coefficient (Wildman–Crippen LogP) is 2.62. The molecule has 0 aromatic carbocycles. The Balaban J connectivity index is 2.34. The summed E-state index contributed by atoms with van der Waals surface area (Å²) in [5, 5.41) is 0. The number of pyridine rings is 1. The largest absolute Gasteiger partial charge is 0.259 e. The summed E-state index contributed by atoms with van der Waals surface area (Å²) >= 11 is 0. The minimum absolute atomic E-state index is 0.628. The van der Waals surface area contributed by atoms with Gasteiger partial charge < -0.3 is 0 Å². The van der Waals surface area contributed by atoms with Crippen LogP contribution in [-0.4, -0.2) is 11.1 Å². The predicted molar refractivity (Wildman–Crippen MR) is 53.3 cm³/mol. The van der Waals surface area contributed by atoms with Gasteiger partial charge in [-0.05, 0) is 37.3 Å². The summed E-state index contributed by atoms with van der Waals surface area (Å²) < 4.78 is 0. The molecule has 1 aromatic rings. The van der Waals surface area contributed by atoms with Crippen LogP contribution in [0.3, 0.4) is 0 Å². The van der Waals surface area contributed by atoms with E-state index in [4.69, 9.17) is 0 Å². The Bertz CT molecular complexity index is 390. The molecule has 0 saturated heterocycles. The molecular formula is C11H12N2O. The number of aliphatic imine (C=N–C) groups is 1. The first-order valence-electron chi connectivity index (χ1n) is 4.85. The van der Waals surface area contributed by atoms with Gasteiger partial charge in [-0.3, -0.25) is 4.98 Å². The first kappa shape index (κ1) is 9.10. The van der Waals surface area contributed by atoms with Gasteiger partial charge in [-0.1, -0.05) is 6.42 Å². The second kappa shape index (κ2) is 3.72. The van der Waals surface area contributed by atoms with Gasteiger partial charge in [0.05, 0.1) is 11.4 Å². The van der Waals surface area contributed by atoms with Gasteiger partial charge in [-0.2, -0.15) is 4.99 Å². The van der Waals surface area contributed by atoms with Crippen LogP contribution < -0.4 is 0 Å². The maximum absolute atomic E-state index is 10.2. The highest BCUT2D eigenvalue weighted by molar-refractivity contribution is 5.52. The molecule has 1 saturated carbocycles. The van der Waals surface area contributed by atoms with Crippen LogP contribution in [0.15, 0.2) is 17.3 Å². The Hall–Kier alpha value is -1.47. The van der Waals surface area contributed by atoms with E-state index in [0.717, 1.165) is 5.69 Å². The minimum Gasteiger partial charge on any atom is -0.259 e. The van der Waals surface area contributed by atoms with Crippen molar-refractivity contribution in [1.82, 2.24) is 4.98 Å². The fraction of sp³-hybridized carbons (Fsp3) is 0.455. The van der Waals surface area contributed by atoms with E-state index in [1.54, 1.807) is 6.08 Å². The molecule has 0 atom stereocenters. The lowest BCUT2D eigenvalue weighted by Crippen LogP contribution is -2.08. The smallest absolute Gasteiger partial charge is 0.240 e. The van der Waals surface area contributed by atoms with Crippen LogP contribution in [0.25, 0.3) is 0 Å². The van der Waals surface area contributed by atoms with Crippen molar-refractivity contribution in [3.05, 3.63) is 23.5 Å². The summed E-state index contributed by atoms with van der Waals surface area (Å²) in [7, 11) is 0. The van der Waals surface area contributed by atoms with E-state index in [1.807, 2.05) is 19.2 Å². The molecule has 0 bridgehead atoms. The summed E-state index contributed by atoms with van der Waals surface area (Å²) in [6.45, 7) is 1.85. The lowest BCUT2D eigenvalue weighted by Gasteiger charge is -2.25. The first-order valence-corrected chi connectivity index (χ1v) is 4.85. The van der Waals surface area contributed by atoms with Crippen molar-refractivity contribution in [2.75, 3.05) is 0 Å². The SMILES string of the molecule is Cc1ncc(C2CCC2)cc1N=C=O. The highest BCUT2D eigenvalue weighted by Crippen LogP contribution is 2.37. The zero-order chi connectivity index (χ0) is 9.97. The summed E-state index contributed by atoms with van der Waals surface area (Å²) in [6.07, 6.45) is 7.21. The molecule has 0 amide bonds. The van der Waals surface area contributed by atoms with Gasteiger partial charge in [0, 0.05) is 6.20 Å². The van der Waals surface area contributed by atoms with E-state index in [0.29, 0.717) is 11.6 Å². The fourth-order valence-corrected chi connectivity index (χ4v) is 1.66. The molecule has 1 aliphatic carbocycles. The molecular weight excluding hydrogens is 176 g/mol. The van der Waals surface area contributed by atoms with Crippen LogP contribution in [0.4, 0.5) is 5.69 Å². The van der Waals surface area contributed by atoms with E-state index in [2.05, 4.69) is 9.98 Å². The van der Waals surface area contributed by atoms with Crippen molar-refractivity contribution >= 4 is 11.8 Å². The van der Waals surface area contributed by atoms with Crippen LogP contribution in [0, 0.1) is 6.92 Å². The second-order valence-corrected chi connectivity index (χ2v) is 3.70. The molecule has 3 nitrogen and oxygen atoms in total. The van der Waals surface area contributed by atoms with Crippen molar-refractivity contribution in [2.24, 2.45) is 4.99 Å². The molecule has 2 rings (SSSR count). The molecule has 0 N–H and O–H groups in total. The standard InChI is InChI=1S/C11H12N2O/c1-8-11(13-7-14)5-10(6-12-8)9-3-2-4-9/h5-6,9H,2-4H2,1H3. The Morgan fingerprint density at radius 3 is 2.93 bits per heavy atom. The summed E-state index contributed by atoms with van der Waals surface area (Å²) in [5.74, 6) is 0.628. The zero-order valence-corrected chi connectivity index (χ0v) is 8.16. The highest BCUT2D eigenvalue weighted by atomic mass is 16.1. The number of carbonyl (C=O) groups excluding carboxylic acids is 1. The average Bonchev–Trinajstić information content (AvgIpc) is 2.08. The topological polar surface area (TPSA) is 42.3 Å². The normalized spacial score (nSPS) is 15.8. The van der Waals surface area contributed by atoms with Gasteiger partial charge in [-0.25, -0.2) is 4.79 Å². The Kier molecular flexibility index (Phi) is 2.42. The molecule has 0 radical (unpaired) electrons. The number of rotatable bonds is 2. The molecule has 0 unspecified atom stereocenters. The molecule has 0 aliphatic heterocycles. The van der Waals surface area contributed by atoms with Crippen LogP contribution >= 0.6 is 0 Å². The van der Waals surface area contributed by atoms with Gasteiger partial charge >= 0.3 is 0 Å². The third-order valence-corrected chi connectivity index (χ3v) is 2.82. The van der Waals surface area contributed by atoms with Crippen molar-refractivity contribution in [3.8, 4) is 0 Å². The van der Waals surface area contributed by atoms with Gasteiger partial charge in [0.1, 0.15) is 0 Å². The zero-order valence-electron chi connectivity index (χ0n) is 8.16. The van der Waals surface area contributed by atoms with Crippen LogP contribution in [0.5, 0.6) is 0 Å². The molecule has 1 heterocycles. The first-order chi connectivity index (χ1) is 6.81. The van der Waals surface area contributed by atoms with E-state index >= 15 is 0 Å². The van der Waals surface area contributed by atoms with E-state index < -0.39 is 0 Å². The number of hydrogen-bond acceptors (Lipinski definition) is 3. The van der Waals surface area contributed by atoms with E-state index in [1.165, 1.54) is 24.8 Å². The molecule has 0 spiro atoms. The number of nitrogens with zero attached hydrogens (tertiary/aromatic N) is 2. The van der Waals surface area contributed by atoms with Gasteiger partial charge in [0.25, 0.3) is 0 Å². The molecule has 3 heteroatoms. The van der Waals surface area contributed by atoms with E-state index in [9.17, 15) is 4.79 Å². The monoisotopic (exact) mass is 188 g/mol. The summed E-state index contributed by atoms with van der Waals surface area (Å²) in [6, 6.07) is 1.96. The molecule has 1 aliphatic rings. The number of aromatic nitrogens is 1. The Labute approximate surface area is 82.9 Å². The lowest BCUT2D eigenvalue weighted by atomic mass is 9.80. The van der Waals surface area contributed by atoms with Crippen LogP contribution in [0.2, 0.25) is 0 Å². The van der Waals surface area contributed by atoms with Crippen LogP contribution in [0.1, 0.15) is 36.4 Å². The van der Waals surface area contributed by atoms with Gasteiger partial charge in [0.2, 0.25) is 6.08 Å². The van der Waals surface area contributed by atoms with Crippen molar-refractivity contribution in [3.63, 3.8) is 0 Å². The van der Waals surface area contributed by atoms with Crippen molar-refractivity contribution in [1.29, 1.82) is 0 Å². The van der Waals surface area contributed by atoms with Crippen molar-refractivity contribution < 1.29 is 4.79 Å². The number of aryl methyl sites for hydroxylation is 1. The minimum atomic E-state index is 0.628. The molecule has 14 heavy (non-hydrogen) atoms. The van der Waals surface area contributed by atoms with E-state index in [-0.39, 0.29) is 0 Å². The Morgan fingerprint density at radius 2 is 2.36 bits per heavy atom. The maximum Gasteiger partial charge on any atom is 0.240 e. The molecule has 1 fully saturated rings. The van der Waals surface area contributed by atoms with Gasteiger partial charge in [-0.15, -0.1) is 0 Å². The third-order valence-electron chi connectivity index (χ3n) is 2.82. The highest BCUT2D eigenvalue weighted by Gasteiger charge is 2.20. The third kappa shape index (κ3) is 1.59. The van der Waals surface area contributed by atoms with Crippen LogP contribution in [-0.2, 0) is 4.79 Å². The molecule has 72 valence electrons. The number of isocyanates is 1. The lowest BCUT2D eigenvalue weighted by molar-refractivity contribution is 0.419. The van der Waals surface area contributed by atoms with Gasteiger partial charge in [0.15, 0.2) is 0 Å². The quantitative estimate of drug-likeness (QED) is 0.529. The second-order valence-electron chi connectivity index (χ2n) is 3.70. The number of hydrogen-bond donors (Lipinski definition) is 0. The fourth-order valence-electron chi connectivity index (χ4n) is 1.66. The average molecular weight is 188 g/mol. The maximum atomic E-state index is 10.2. The molecule has 1 aromatic heterocycles. The summed E-state index contributed by atoms with van der Waals surface area (Å²) in [5.41, 5.74) is 2.65. The summed E-state index contributed by atoms with van der Waals surface area (Å²) in [4.78, 5) is 18.0. The Morgan fingerprint density at radius 1 is 1.57 bits per heavy atom. The van der Waals surface area contributed by atoms with Crippen molar-refractivity contribution in [2.45, 2.75) is 32.1 Å².